The minimum Gasteiger partial charge on any atom is -0.462 e. The molecule has 0 aromatic carbocycles. The van der Waals surface area contributed by atoms with Crippen LogP contribution in [0, 0.1) is 0 Å². The molecule has 0 bridgehead atoms. The van der Waals surface area contributed by atoms with Gasteiger partial charge in [0.15, 0.2) is 17.0 Å². The van der Waals surface area contributed by atoms with Gasteiger partial charge in [-0.15, -0.1) is 11.3 Å². The normalized spacial score (nSPS) is 17.5. The number of fused-ring (bicyclic) bond motifs is 1. The molecule has 0 radical (unpaired) electrons. The van der Waals surface area contributed by atoms with E-state index in [1.807, 2.05) is 5.38 Å². The number of aromatic amines is 1. The lowest BCUT2D eigenvalue weighted by atomic mass is 10.2. The van der Waals surface area contributed by atoms with Gasteiger partial charge in [-0.25, -0.2) is 4.98 Å². The number of H-pyrrole nitrogens is 1. The van der Waals surface area contributed by atoms with Crippen LogP contribution in [0.25, 0.3) is 11.2 Å². The lowest BCUT2D eigenvalue weighted by molar-refractivity contribution is 0.0650. The number of ether oxygens (including phenoxy) is 2. The number of aromatic nitrogens is 5. The first-order chi connectivity index (χ1) is 11.8. The van der Waals surface area contributed by atoms with E-state index in [-0.39, 0.29) is 11.4 Å². The molecule has 10 heteroatoms. The molecule has 1 aliphatic heterocycles. The van der Waals surface area contributed by atoms with E-state index in [0.29, 0.717) is 36.1 Å². The van der Waals surface area contributed by atoms with E-state index < -0.39 is 0 Å². The average molecular weight is 367 g/mol. The largest absolute Gasteiger partial charge is 0.462 e. The third-order valence-corrected chi connectivity index (χ3v) is 4.56. The second-order valence-corrected chi connectivity index (χ2v) is 6.62. The zero-order valence-corrected chi connectivity index (χ0v) is 14.2. The van der Waals surface area contributed by atoms with Crippen molar-refractivity contribution < 1.29 is 9.47 Å². The number of hydrogen-bond acceptors (Lipinski definition) is 8. The van der Waals surface area contributed by atoms with Crippen LogP contribution < -0.4 is 10.1 Å². The Balaban J connectivity index is 1.52. The summed E-state index contributed by atoms with van der Waals surface area (Å²) < 4.78 is 11.2. The minimum absolute atomic E-state index is 0.121. The predicted molar refractivity (Wildman–Crippen MR) is 90.6 cm³/mol. The van der Waals surface area contributed by atoms with Crippen molar-refractivity contribution in [1.82, 2.24) is 24.9 Å². The minimum atomic E-state index is 0.121. The van der Waals surface area contributed by atoms with Gasteiger partial charge in [-0.05, 0) is 24.4 Å². The highest BCUT2D eigenvalue weighted by Crippen LogP contribution is 2.24. The van der Waals surface area contributed by atoms with Crippen LogP contribution in [0.2, 0.25) is 5.28 Å². The smallest absolute Gasteiger partial charge is 0.296 e. The molecule has 1 aliphatic rings. The van der Waals surface area contributed by atoms with Crippen LogP contribution in [0.1, 0.15) is 17.8 Å². The summed E-state index contributed by atoms with van der Waals surface area (Å²) in [4.78, 5) is 20.0. The molecule has 126 valence electrons. The van der Waals surface area contributed by atoms with Crippen molar-refractivity contribution in [2.45, 2.75) is 25.5 Å². The Kier molecular flexibility index (Phi) is 4.46. The molecule has 4 rings (SSSR count). The van der Waals surface area contributed by atoms with Crippen molar-refractivity contribution in [3.8, 4) is 6.01 Å². The molecule has 0 unspecified atom stereocenters. The molecule has 1 atom stereocenters. The van der Waals surface area contributed by atoms with Crippen molar-refractivity contribution in [3.63, 3.8) is 0 Å². The fraction of sp³-hybridized carbons (Fsp3) is 0.429. The van der Waals surface area contributed by atoms with Crippen molar-refractivity contribution in [2.24, 2.45) is 0 Å². The van der Waals surface area contributed by atoms with Gasteiger partial charge in [-0.3, -0.25) is 4.98 Å². The zero-order valence-electron chi connectivity index (χ0n) is 12.7. The van der Waals surface area contributed by atoms with Gasteiger partial charge in [0.2, 0.25) is 5.28 Å². The third-order valence-electron chi connectivity index (χ3n) is 3.62. The summed E-state index contributed by atoms with van der Waals surface area (Å²) in [5.41, 5.74) is 1.11. The number of nitrogens with one attached hydrogen (secondary N) is 2. The van der Waals surface area contributed by atoms with Gasteiger partial charge in [0.05, 0.1) is 12.6 Å². The predicted octanol–water partition coefficient (Wildman–Crippen LogP) is 2.63. The van der Waals surface area contributed by atoms with Crippen LogP contribution in [0.15, 0.2) is 11.6 Å². The highest BCUT2D eigenvalue weighted by atomic mass is 35.5. The lowest BCUT2D eigenvalue weighted by Gasteiger charge is -2.08. The molecule has 0 saturated carbocycles. The number of rotatable bonds is 6. The van der Waals surface area contributed by atoms with Gasteiger partial charge in [-0.2, -0.15) is 15.0 Å². The van der Waals surface area contributed by atoms with Crippen LogP contribution in [0.3, 0.4) is 0 Å². The monoisotopic (exact) mass is 366 g/mol. The Morgan fingerprint density at radius 3 is 3.17 bits per heavy atom. The lowest BCUT2D eigenvalue weighted by Crippen LogP contribution is -2.16. The first kappa shape index (κ1) is 15.6. The number of nitrogens with zero attached hydrogens (tertiary/aromatic N) is 4. The molecule has 8 nitrogen and oxygen atoms in total. The molecule has 0 spiro atoms. The van der Waals surface area contributed by atoms with Gasteiger partial charge in [0, 0.05) is 18.2 Å². The molecule has 24 heavy (non-hydrogen) atoms. The van der Waals surface area contributed by atoms with E-state index in [2.05, 4.69) is 30.2 Å². The van der Waals surface area contributed by atoms with Crippen LogP contribution in [-0.4, -0.2) is 44.2 Å². The molecule has 2 N–H and O–H groups in total. The van der Waals surface area contributed by atoms with Gasteiger partial charge in [-0.1, -0.05) is 0 Å². The molecule has 1 saturated heterocycles. The van der Waals surface area contributed by atoms with Gasteiger partial charge in [0.1, 0.15) is 11.6 Å². The molecule has 3 aromatic rings. The summed E-state index contributed by atoms with van der Waals surface area (Å²) in [5, 5.41) is 6.20. The van der Waals surface area contributed by atoms with Gasteiger partial charge >= 0.3 is 0 Å². The highest BCUT2D eigenvalue weighted by molar-refractivity contribution is 7.09. The highest BCUT2D eigenvalue weighted by Gasteiger charge is 2.18. The second kappa shape index (κ2) is 6.88. The Hall–Kier alpha value is -1.97. The van der Waals surface area contributed by atoms with E-state index in [4.69, 9.17) is 21.1 Å². The number of halogens is 1. The first-order valence-electron chi connectivity index (χ1n) is 7.58. The summed E-state index contributed by atoms with van der Waals surface area (Å²) in [7, 11) is 0. The van der Waals surface area contributed by atoms with Crippen molar-refractivity contribution in [3.05, 3.63) is 21.9 Å². The zero-order chi connectivity index (χ0) is 16.4. The number of imidazole rings is 1. The second-order valence-electron chi connectivity index (χ2n) is 5.31. The van der Waals surface area contributed by atoms with E-state index in [1.54, 1.807) is 17.5 Å². The number of thiazole rings is 1. The maximum absolute atomic E-state index is 5.99. The van der Waals surface area contributed by atoms with Crippen molar-refractivity contribution in [1.29, 1.82) is 0 Å². The van der Waals surface area contributed by atoms with E-state index >= 15 is 0 Å². The SMILES string of the molecule is Clc1nc(NCc2nccs2)c2nc(OC[C@@H]3CCCO3)[nH]c2n1. The fourth-order valence-corrected chi connectivity index (χ4v) is 3.22. The van der Waals surface area contributed by atoms with E-state index in [0.717, 1.165) is 24.5 Å². The number of hydrogen-bond donors (Lipinski definition) is 2. The summed E-state index contributed by atoms with van der Waals surface area (Å²) >= 11 is 7.55. The molecule has 1 fully saturated rings. The third kappa shape index (κ3) is 3.42. The van der Waals surface area contributed by atoms with E-state index in [9.17, 15) is 0 Å². The Morgan fingerprint density at radius 2 is 2.38 bits per heavy atom. The maximum atomic E-state index is 5.99. The molecule has 0 aliphatic carbocycles. The summed E-state index contributed by atoms with van der Waals surface area (Å²) in [5.74, 6) is 0.545. The topological polar surface area (TPSA) is 97.8 Å². The van der Waals surface area contributed by atoms with Crippen molar-refractivity contribution in [2.75, 3.05) is 18.5 Å². The van der Waals surface area contributed by atoms with Crippen LogP contribution in [0.4, 0.5) is 5.82 Å². The summed E-state index contributed by atoms with van der Waals surface area (Å²) in [6.07, 6.45) is 3.96. The Bertz CT molecular complexity index is 818. The molecule has 0 amide bonds. The number of anilines is 1. The molecule has 4 heterocycles. The first-order valence-corrected chi connectivity index (χ1v) is 8.83. The van der Waals surface area contributed by atoms with Gasteiger partial charge in [0.25, 0.3) is 6.01 Å². The Labute approximate surface area is 146 Å². The molecular formula is C14H15ClN6O2S. The fourth-order valence-electron chi connectivity index (χ4n) is 2.49. The van der Waals surface area contributed by atoms with Gasteiger partial charge < -0.3 is 14.8 Å². The Morgan fingerprint density at radius 1 is 1.42 bits per heavy atom. The van der Waals surface area contributed by atoms with Crippen LogP contribution >= 0.6 is 22.9 Å². The van der Waals surface area contributed by atoms with Crippen molar-refractivity contribution >= 4 is 39.9 Å². The maximum Gasteiger partial charge on any atom is 0.296 e. The van der Waals surface area contributed by atoms with Crippen LogP contribution in [-0.2, 0) is 11.3 Å². The summed E-state index contributed by atoms with van der Waals surface area (Å²) in [6, 6.07) is 0.384. The average Bonchev–Trinajstić information content (AvgIpc) is 3.31. The quantitative estimate of drug-likeness (QED) is 0.647. The van der Waals surface area contributed by atoms with Crippen LogP contribution in [0.5, 0.6) is 6.01 Å². The molecular weight excluding hydrogens is 352 g/mol. The standard InChI is InChI=1S/C14H15ClN6O2S/c15-13-19-11(17-6-9-16-3-5-24-9)10-12(20-13)21-14(18-10)23-7-8-2-1-4-22-8/h3,5,8H,1-2,4,6-7H2,(H2,17,18,19,20,21)/t8-/m0/s1. The summed E-state index contributed by atoms with van der Waals surface area (Å²) in [6.45, 7) is 1.79. The molecule has 3 aromatic heterocycles. The van der Waals surface area contributed by atoms with E-state index in [1.165, 1.54) is 0 Å².